The lowest BCUT2D eigenvalue weighted by Gasteiger charge is -2.11. The molecule has 0 heteroatoms. The Balaban J connectivity index is 2.22. The highest BCUT2D eigenvalue weighted by atomic mass is 14.4. The third-order valence-electron chi connectivity index (χ3n) is 2.97. The van der Waals surface area contributed by atoms with Crippen molar-refractivity contribution in [3.05, 3.63) is 29.0 Å². The van der Waals surface area contributed by atoms with Crippen LogP contribution in [0.2, 0.25) is 0 Å². The van der Waals surface area contributed by atoms with Crippen LogP contribution in [0, 0.1) is 11.8 Å². The van der Waals surface area contributed by atoms with Crippen LogP contribution in [0.5, 0.6) is 0 Å². The van der Waals surface area contributed by atoms with Crippen LogP contribution in [0.1, 0.15) is 33.1 Å². The van der Waals surface area contributed by atoms with Gasteiger partial charge in [-0.15, -0.1) is 5.73 Å². The Kier molecular flexibility index (Phi) is 1.94. The van der Waals surface area contributed by atoms with E-state index >= 15 is 0 Å². The highest BCUT2D eigenvalue weighted by Crippen LogP contribution is 2.42. The highest BCUT2D eigenvalue weighted by molar-refractivity contribution is 5.23. The summed E-state index contributed by atoms with van der Waals surface area (Å²) in [6.07, 6.45) is 8.60. The van der Waals surface area contributed by atoms with Gasteiger partial charge in [0.15, 0.2) is 0 Å². The second-order valence-corrected chi connectivity index (χ2v) is 4.10. The normalized spacial score (nSPS) is 29.3. The fraction of sp³-hybridized carbons (Fsp3) is 0.583. The minimum atomic E-state index is 0.804. The molecule has 1 atom stereocenters. The monoisotopic (exact) mass is 160 g/mol. The molecule has 0 saturated heterocycles. The molecule has 0 spiro atoms. The molecule has 2 aliphatic carbocycles. The van der Waals surface area contributed by atoms with Crippen LogP contribution < -0.4 is 0 Å². The SMILES string of the molecule is CC1=C=CC(C)=CCC1C1CC1. The van der Waals surface area contributed by atoms with Gasteiger partial charge in [-0.05, 0) is 62.2 Å². The van der Waals surface area contributed by atoms with Gasteiger partial charge >= 0.3 is 0 Å². The quantitative estimate of drug-likeness (QED) is 0.515. The molecule has 1 saturated carbocycles. The van der Waals surface area contributed by atoms with E-state index in [0.717, 1.165) is 11.8 Å². The summed E-state index contributed by atoms with van der Waals surface area (Å²) in [7, 11) is 0. The van der Waals surface area contributed by atoms with E-state index in [9.17, 15) is 0 Å². The molecule has 0 heterocycles. The van der Waals surface area contributed by atoms with Gasteiger partial charge in [0.05, 0.1) is 0 Å². The standard InChI is InChI=1S/C12H16/c1-9-3-5-10(2)12(8-4-9)11-6-7-11/h3-4,11-12H,6-8H2,1-2H3. The number of hydrogen-bond acceptors (Lipinski definition) is 0. The van der Waals surface area contributed by atoms with E-state index in [4.69, 9.17) is 0 Å². The van der Waals surface area contributed by atoms with Gasteiger partial charge < -0.3 is 0 Å². The molecule has 0 aromatic heterocycles. The maximum Gasteiger partial charge on any atom is -0.00668 e. The van der Waals surface area contributed by atoms with Gasteiger partial charge in [0, 0.05) is 0 Å². The Hall–Kier alpha value is -0.740. The van der Waals surface area contributed by atoms with Crippen molar-refractivity contribution >= 4 is 0 Å². The fourth-order valence-corrected chi connectivity index (χ4v) is 1.93. The van der Waals surface area contributed by atoms with Gasteiger partial charge in [-0.2, -0.15) is 0 Å². The summed E-state index contributed by atoms with van der Waals surface area (Å²) in [6.45, 7) is 4.39. The molecule has 0 aliphatic heterocycles. The van der Waals surface area contributed by atoms with Gasteiger partial charge in [-0.1, -0.05) is 6.08 Å². The number of allylic oxidation sites excluding steroid dienone is 3. The molecule has 12 heavy (non-hydrogen) atoms. The summed E-state index contributed by atoms with van der Waals surface area (Å²) < 4.78 is 0. The van der Waals surface area contributed by atoms with Gasteiger partial charge in [0.2, 0.25) is 0 Å². The molecule has 64 valence electrons. The molecule has 1 unspecified atom stereocenters. The highest BCUT2D eigenvalue weighted by Gasteiger charge is 2.31. The number of hydrogen-bond donors (Lipinski definition) is 0. The zero-order valence-corrected chi connectivity index (χ0v) is 7.93. The van der Waals surface area contributed by atoms with Crippen molar-refractivity contribution in [1.82, 2.24) is 0 Å². The predicted octanol–water partition coefficient (Wildman–Crippen LogP) is 3.46. The van der Waals surface area contributed by atoms with Crippen LogP contribution in [0.4, 0.5) is 0 Å². The first-order chi connectivity index (χ1) is 5.77. The molecule has 0 aromatic carbocycles. The Morgan fingerprint density at radius 3 is 2.75 bits per heavy atom. The first-order valence-electron chi connectivity index (χ1n) is 4.87. The molecular weight excluding hydrogens is 144 g/mol. The smallest absolute Gasteiger partial charge is 0.00668 e. The van der Waals surface area contributed by atoms with Crippen molar-refractivity contribution in [1.29, 1.82) is 0 Å². The maximum absolute atomic E-state index is 3.39. The molecule has 0 bridgehead atoms. The van der Waals surface area contributed by atoms with Crippen LogP contribution in [0.15, 0.2) is 29.0 Å². The van der Waals surface area contributed by atoms with E-state index in [0.29, 0.717) is 0 Å². The van der Waals surface area contributed by atoms with Crippen molar-refractivity contribution < 1.29 is 0 Å². The average Bonchev–Trinajstić information content (AvgIpc) is 2.82. The molecule has 0 amide bonds. The van der Waals surface area contributed by atoms with Crippen LogP contribution in [0.3, 0.4) is 0 Å². The summed E-state index contributed by atoms with van der Waals surface area (Å²) in [5.74, 6) is 1.78. The summed E-state index contributed by atoms with van der Waals surface area (Å²) in [4.78, 5) is 0. The van der Waals surface area contributed by atoms with E-state index in [1.54, 1.807) is 0 Å². The average molecular weight is 160 g/mol. The summed E-state index contributed by atoms with van der Waals surface area (Å²) in [5, 5.41) is 0. The van der Waals surface area contributed by atoms with Crippen molar-refractivity contribution in [3.8, 4) is 0 Å². The Bertz CT molecular complexity index is 270. The second-order valence-electron chi connectivity index (χ2n) is 4.10. The summed E-state index contributed by atoms with van der Waals surface area (Å²) in [5.41, 5.74) is 6.23. The van der Waals surface area contributed by atoms with Crippen LogP contribution in [-0.2, 0) is 0 Å². The van der Waals surface area contributed by atoms with E-state index in [-0.39, 0.29) is 0 Å². The topological polar surface area (TPSA) is 0 Å². The largest absolute Gasteiger partial charge is 0.121 e. The number of rotatable bonds is 1. The van der Waals surface area contributed by atoms with Crippen molar-refractivity contribution in [2.75, 3.05) is 0 Å². The van der Waals surface area contributed by atoms with Gasteiger partial charge in [0.1, 0.15) is 0 Å². The van der Waals surface area contributed by atoms with Gasteiger partial charge in [-0.25, -0.2) is 0 Å². The van der Waals surface area contributed by atoms with Crippen molar-refractivity contribution in [2.45, 2.75) is 33.1 Å². The molecule has 1 fully saturated rings. The Morgan fingerprint density at radius 2 is 2.08 bits per heavy atom. The molecule has 0 N–H and O–H groups in total. The van der Waals surface area contributed by atoms with Crippen LogP contribution >= 0.6 is 0 Å². The van der Waals surface area contributed by atoms with Crippen molar-refractivity contribution in [2.24, 2.45) is 11.8 Å². The van der Waals surface area contributed by atoms with Gasteiger partial charge in [-0.3, -0.25) is 0 Å². The van der Waals surface area contributed by atoms with Crippen LogP contribution in [0.25, 0.3) is 0 Å². The zero-order valence-electron chi connectivity index (χ0n) is 7.93. The predicted molar refractivity (Wildman–Crippen MR) is 51.9 cm³/mol. The van der Waals surface area contributed by atoms with E-state index in [2.05, 4.69) is 31.7 Å². The Labute approximate surface area is 74.7 Å². The van der Waals surface area contributed by atoms with Crippen LogP contribution in [-0.4, -0.2) is 0 Å². The van der Waals surface area contributed by atoms with Crippen molar-refractivity contribution in [3.63, 3.8) is 0 Å². The van der Waals surface area contributed by atoms with E-state index < -0.39 is 0 Å². The van der Waals surface area contributed by atoms with Gasteiger partial charge in [0.25, 0.3) is 0 Å². The molecule has 0 radical (unpaired) electrons. The lowest BCUT2D eigenvalue weighted by Crippen LogP contribution is -2.01. The third-order valence-corrected chi connectivity index (χ3v) is 2.97. The fourth-order valence-electron chi connectivity index (χ4n) is 1.93. The molecule has 2 rings (SSSR count). The molecule has 0 nitrogen and oxygen atoms in total. The summed E-state index contributed by atoms with van der Waals surface area (Å²) in [6, 6.07) is 0. The molecule has 2 aliphatic rings. The maximum atomic E-state index is 3.39. The van der Waals surface area contributed by atoms with E-state index in [1.807, 2.05) is 0 Å². The Morgan fingerprint density at radius 1 is 1.33 bits per heavy atom. The summed E-state index contributed by atoms with van der Waals surface area (Å²) >= 11 is 0. The lowest BCUT2D eigenvalue weighted by atomic mass is 9.93. The molecule has 0 aromatic rings. The second kappa shape index (κ2) is 2.95. The third kappa shape index (κ3) is 1.54. The minimum Gasteiger partial charge on any atom is -0.121 e. The first kappa shape index (κ1) is 7.89. The molecular formula is C12H16. The van der Waals surface area contributed by atoms with E-state index in [1.165, 1.54) is 30.4 Å². The lowest BCUT2D eigenvalue weighted by molar-refractivity contribution is 0.546. The zero-order chi connectivity index (χ0) is 8.55. The first-order valence-corrected chi connectivity index (χ1v) is 4.87. The minimum absolute atomic E-state index is 0.804.